The van der Waals surface area contributed by atoms with Gasteiger partial charge in [0.25, 0.3) is 0 Å². The van der Waals surface area contributed by atoms with Crippen LogP contribution < -0.4 is 16.0 Å². The zero-order chi connectivity index (χ0) is 26.9. The summed E-state index contributed by atoms with van der Waals surface area (Å²) in [6.07, 6.45) is 9.46. The van der Waals surface area contributed by atoms with E-state index in [4.69, 9.17) is 15.7 Å². The first kappa shape index (κ1) is 26.0. The lowest BCUT2D eigenvalue weighted by molar-refractivity contribution is 0.445. The first-order chi connectivity index (χ1) is 18.2. The van der Waals surface area contributed by atoms with Gasteiger partial charge in [-0.2, -0.15) is 4.98 Å². The van der Waals surface area contributed by atoms with Crippen LogP contribution in [0.15, 0.2) is 48.7 Å². The van der Waals surface area contributed by atoms with E-state index in [-0.39, 0.29) is 5.75 Å². The van der Waals surface area contributed by atoms with E-state index in [0.29, 0.717) is 24.2 Å². The molecule has 1 fully saturated rings. The number of hydrogen-bond acceptors (Lipinski definition) is 8. The van der Waals surface area contributed by atoms with Gasteiger partial charge in [0.2, 0.25) is 11.9 Å². The Hall–Kier alpha value is -3.66. The SMILES string of the molecule is CN(c1ccnc(Nc2cccc(CCS(C)(=O)=O)c2)n1)c1ccc2c(nc(N)n2C)c1C1CCCCC1. The molecular formula is C28H35N7O2S. The van der Waals surface area contributed by atoms with E-state index in [1.807, 2.05) is 49.0 Å². The molecule has 0 atom stereocenters. The van der Waals surface area contributed by atoms with Gasteiger partial charge in [0, 0.05) is 43.5 Å². The second-order valence-electron chi connectivity index (χ2n) is 10.2. The summed E-state index contributed by atoms with van der Waals surface area (Å²) in [7, 11) is 0.955. The number of nitrogens with zero attached hydrogens (tertiary/aromatic N) is 5. The maximum atomic E-state index is 11.6. The largest absolute Gasteiger partial charge is 0.369 e. The monoisotopic (exact) mass is 533 g/mol. The van der Waals surface area contributed by atoms with Gasteiger partial charge in [-0.05, 0) is 61.1 Å². The van der Waals surface area contributed by atoms with Gasteiger partial charge >= 0.3 is 0 Å². The van der Waals surface area contributed by atoms with Crippen molar-refractivity contribution in [2.75, 3.05) is 35.0 Å². The summed E-state index contributed by atoms with van der Waals surface area (Å²) in [5, 5.41) is 3.28. The van der Waals surface area contributed by atoms with Crippen LogP contribution in [0.1, 0.15) is 49.1 Å². The molecule has 3 N–H and O–H groups in total. The van der Waals surface area contributed by atoms with E-state index < -0.39 is 9.84 Å². The Kier molecular flexibility index (Phi) is 7.25. The fourth-order valence-electron chi connectivity index (χ4n) is 5.33. The summed E-state index contributed by atoms with van der Waals surface area (Å²) in [6.45, 7) is 0. The van der Waals surface area contributed by atoms with Gasteiger partial charge in [0.05, 0.1) is 16.8 Å². The third kappa shape index (κ3) is 5.60. The highest BCUT2D eigenvalue weighted by atomic mass is 32.2. The molecule has 10 heteroatoms. The highest BCUT2D eigenvalue weighted by Crippen LogP contribution is 2.43. The van der Waals surface area contributed by atoms with Gasteiger partial charge in [0.15, 0.2) is 0 Å². The highest BCUT2D eigenvalue weighted by molar-refractivity contribution is 7.90. The summed E-state index contributed by atoms with van der Waals surface area (Å²) in [5.74, 6) is 2.29. The van der Waals surface area contributed by atoms with Crippen LogP contribution in [-0.2, 0) is 23.3 Å². The van der Waals surface area contributed by atoms with Crippen molar-refractivity contribution >= 4 is 50.0 Å². The molecule has 0 unspecified atom stereocenters. The Morgan fingerprint density at radius 3 is 2.66 bits per heavy atom. The number of rotatable bonds is 8. The molecule has 2 aromatic heterocycles. The number of fused-ring (bicyclic) bond motifs is 1. The number of nitrogens with one attached hydrogen (secondary N) is 1. The van der Waals surface area contributed by atoms with E-state index >= 15 is 0 Å². The lowest BCUT2D eigenvalue weighted by atomic mass is 9.82. The number of hydrogen-bond donors (Lipinski definition) is 2. The molecule has 9 nitrogen and oxygen atoms in total. The van der Waals surface area contributed by atoms with Crippen molar-refractivity contribution in [3.63, 3.8) is 0 Å². The van der Waals surface area contributed by atoms with Gasteiger partial charge in [-0.25, -0.2) is 18.4 Å². The fraction of sp³-hybridized carbons (Fsp3) is 0.393. The molecule has 1 aliphatic rings. The number of imidazole rings is 1. The van der Waals surface area contributed by atoms with Crippen LogP contribution in [0.2, 0.25) is 0 Å². The lowest BCUT2D eigenvalue weighted by Crippen LogP contribution is -2.17. The summed E-state index contributed by atoms with van der Waals surface area (Å²) >= 11 is 0. The average Bonchev–Trinajstić information content (AvgIpc) is 3.20. The van der Waals surface area contributed by atoms with Crippen LogP contribution >= 0.6 is 0 Å². The minimum atomic E-state index is -3.03. The number of aromatic nitrogens is 4. The van der Waals surface area contributed by atoms with Crippen LogP contribution in [0.3, 0.4) is 0 Å². The molecule has 0 aliphatic heterocycles. The molecule has 5 rings (SSSR count). The summed E-state index contributed by atoms with van der Waals surface area (Å²) in [4.78, 5) is 16.1. The molecule has 0 bridgehead atoms. The number of anilines is 5. The maximum absolute atomic E-state index is 11.6. The van der Waals surface area contributed by atoms with Gasteiger partial charge in [-0.3, -0.25) is 0 Å². The van der Waals surface area contributed by atoms with E-state index in [9.17, 15) is 8.42 Å². The summed E-state index contributed by atoms with van der Waals surface area (Å²) in [5.41, 5.74) is 12.3. The maximum Gasteiger partial charge on any atom is 0.229 e. The van der Waals surface area contributed by atoms with Crippen LogP contribution in [0, 0.1) is 0 Å². The van der Waals surface area contributed by atoms with E-state index in [1.165, 1.54) is 31.1 Å². The highest BCUT2D eigenvalue weighted by Gasteiger charge is 2.26. The molecule has 0 amide bonds. The summed E-state index contributed by atoms with van der Waals surface area (Å²) in [6, 6.07) is 13.8. The van der Waals surface area contributed by atoms with E-state index in [1.54, 1.807) is 6.20 Å². The minimum Gasteiger partial charge on any atom is -0.369 e. The van der Waals surface area contributed by atoms with Crippen molar-refractivity contribution < 1.29 is 8.42 Å². The number of nitrogens with two attached hydrogens (primary N) is 1. The second kappa shape index (κ2) is 10.6. The predicted octanol–water partition coefficient (Wildman–Crippen LogP) is 5.09. The molecule has 2 heterocycles. The number of sulfone groups is 1. The van der Waals surface area contributed by atoms with Crippen LogP contribution in [-0.4, -0.2) is 47.0 Å². The van der Waals surface area contributed by atoms with Gasteiger partial charge in [-0.15, -0.1) is 0 Å². The standard InChI is InChI=1S/C28H35N7O2S/c1-34(22-12-13-23-26(33-27(29)35(23)2)25(22)20-9-5-4-6-10-20)24-14-16-30-28(32-24)31-21-11-7-8-19(18-21)15-17-38(3,36)37/h7-8,11-14,16,18,20H,4-6,9-10,15,17H2,1-3H3,(H2,29,33)(H,30,31,32). The predicted molar refractivity (Wildman–Crippen MR) is 154 cm³/mol. The molecule has 38 heavy (non-hydrogen) atoms. The van der Waals surface area contributed by atoms with Crippen molar-refractivity contribution in [3.05, 3.63) is 59.8 Å². The van der Waals surface area contributed by atoms with Gasteiger partial charge < -0.3 is 20.5 Å². The third-order valence-electron chi connectivity index (χ3n) is 7.41. The van der Waals surface area contributed by atoms with Gasteiger partial charge in [0.1, 0.15) is 15.7 Å². The van der Waals surface area contributed by atoms with Crippen LogP contribution in [0.25, 0.3) is 11.0 Å². The number of aryl methyl sites for hydroxylation is 2. The number of benzene rings is 2. The summed E-state index contributed by atoms with van der Waals surface area (Å²) < 4.78 is 25.1. The van der Waals surface area contributed by atoms with Crippen molar-refractivity contribution in [3.8, 4) is 0 Å². The Morgan fingerprint density at radius 2 is 1.89 bits per heavy atom. The first-order valence-corrected chi connectivity index (χ1v) is 15.1. The second-order valence-corrected chi connectivity index (χ2v) is 12.5. The molecule has 2 aromatic carbocycles. The number of nitrogen functional groups attached to an aromatic ring is 1. The zero-order valence-electron chi connectivity index (χ0n) is 22.2. The fourth-order valence-corrected chi connectivity index (χ4v) is 5.94. The van der Waals surface area contributed by atoms with Crippen molar-refractivity contribution in [2.45, 2.75) is 44.4 Å². The average molecular weight is 534 g/mol. The molecule has 1 saturated carbocycles. The Morgan fingerprint density at radius 1 is 1.11 bits per heavy atom. The Balaban J connectivity index is 1.45. The third-order valence-corrected chi connectivity index (χ3v) is 8.35. The molecule has 4 aromatic rings. The van der Waals surface area contributed by atoms with Crippen molar-refractivity contribution in [2.24, 2.45) is 7.05 Å². The molecule has 0 saturated heterocycles. The molecule has 200 valence electrons. The van der Waals surface area contributed by atoms with Crippen LogP contribution in [0.4, 0.5) is 29.1 Å². The minimum absolute atomic E-state index is 0.114. The van der Waals surface area contributed by atoms with Gasteiger partial charge in [-0.1, -0.05) is 31.4 Å². The quantitative estimate of drug-likeness (QED) is 0.321. The Labute approximate surface area is 224 Å². The van der Waals surface area contributed by atoms with E-state index in [0.717, 1.165) is 46.6 Å². The van der Waals surface area contributed by atoms with Crippen molar-refractivity contribution in [1.82, 2.24) is 19.5 Å². The van der Waals surface area contributed by atoms with Crippen LogP contribution in [0.5, 0.6) is 0 Å². The van der Waals surface area contributed by atoms with E-state index in [2.05, 4.69) is 27.3 Å². The normalized spacial score (nSPS) is 14.6. The van der Waals surface area contributed by atoms with Crippen molar-refractivity contribution in [1.29, 1.82) is 0 Å². The lowest BCUT2D eigenvalue weighted by Gasteiger charge is -2.28. The first-order valence-electron chi connectivity index (χ1n) is 13.0. The topological polar surface area (TPSA) is 119 Å². The molecule has 0 radical (unpaired) electrons. The molecular weight excluding hydrogens is 498 g/mol. The zero-order valence-corrected chi connectivity index (χ0v) is 23.0. The Bertz CT molecular complexity index is 1560. The molecule has 0 spiro atoms. The molecule has 1 aliphatic carbocycles. The smallest absolute Gasteiger partial charge is 0.229 e.